The predicted molar refractivity (Wildman–Crippen MR) is 67.0 cm³/mol. The lowest BCUT2D eigenvalue weighted by Gasteiger charge is -2.36. The molecule has 1 fully saturated rings. The van der Waals surface area contributed by atoms with Crippen LogP contribution in [-0.4, -0.2) is 29.4 Å². The fourth-order valence-electron chi connectivity index (χ4n) is 2.69. The average Bonchev–Trinajstić information content (AvgIpc) is 2.22. The maximum atomic E-state index is 12.4. The fraction of sp³-hybridized carbons (Fsp3) is 0.923. The van der Waals surface area contributed by atoms with Crippen molar-refractivity contribution in [2.45, 2.75) is 59.0 Å². The first kappa shape index (κ1) is 13.5. The van der Waals surface area contributed by atoms with E-state index in [1.807, 2.05) is 11.8 Å². The summed E-state index contributed by atoms with van der Waals surface area (Å²) in [6.45, 7) is 9.19. The second kappa shape index (κ2) is 5.67. The molecule has 0 aromatic heterocycles. The molecule has 0 aromatic carbocycles. The van der Waals surface area contributed by atoms with E-state index in [4.69, 9.17) is 5.73 Å². The minimum absolute atomic E-state index is 0.145. The summed E-state index contributed by atoms with van der Waals surface area (Å²) in [5.41, 5.74) is 5.97. The van der Waals surface area contributed by atoms with E-state index in [-0.39, 0.29) is 12.0 Å². The Morgan fingerprint density at radius 1 is 1.44 bits per heavy atom. The molecule has 3 nitrogen and oxygen atoms in total. The highest BCUT2D eigenvalue weighted by Gasteiger charge is 2.34. The van der Waals surface area contributed by atoms with Crippen molar-refractivity contribution in [1.29, 1.82) is 0 Å². The lowest BCUT2D eigenvalue weighted by atomic mass is 9.77. The Hall–Kier alpha value is -0.570. The van der Waals surface area contributed by atoms with Crippen molar-refractivity contribution in [1.82, 2.24) is 4.90 Å². The number of rotatable bonds is 3. The monoisotopic (exact) mass is 226 g/mol. The summed E-state index contributed by atoms with van der Waals surface area (Å²) in [4.78, 5) is 14.4. The molecule has 0 aliphatic heterocycles. The molecule has 0 bridgehead atoms. The average molecular weight is 226 g/mol. The molecular weight excluding hydrogens is 200 g/mol. The van der Waals surface area contributed by atoms with E-state index in [1.54, 1.807) is 0 Å². The van der Waals surface area contributed by atoms with E-state index >= 15 is 0 Å². The van der Waals surface area contributed by atoms with Crippen molar-refractivity contribution >= 4 is 5.91 Å². The molecule has 0 heterocycles. The van der Waals surface area contributed by atoms with E-state index in [9.17, 15) is 4.79 Å². The van der Waals surface area contributed by atoms with E-state index in [2.05, 4.69) is 20.8 Å². The van der Waals surface area contributed by atoms with Crippen LogP contribution in [0.3, 0.4) is 0 Å². The first-order chi connectivity index (χ1) is 7.47. The highest BCUT2D eigenvalue weighted by atomic mass is 16.2. The van der Waals surface area contributed by atoms with Crippen LogP contribution < -0.4 is 5.73 Å². The number of carbonyl (C=O) groups is 1. The van der Waals surface area contributed by atoms with Crippen molar-refractivity contribution in [3.8, 4) is 0 Å². The maximum absolute atomic E-state index is 12.4. The zero-order valence-corrected chi connectivity index (χ0v) is 11.1. The zero-order chi connectivity index (χ0) is 12.3. The van der Waals surface area contributed by atoms with Crippen LogP contribution in [0.1, 0.15) is 47.0 Å². The molecule has 3 atom stereocenters. The topological polar surface area (TPSA) is 46.3 Å². The molecule has 3 unspecified atom stereocenters. The van der Waals surface area contributed by atoms with Gasteiger partial charge in [0.1, 0.15) is 0 Å². The molecule has 94 valence electrons. The van der Waals surface area contributed by atoms with Crippen molar-refractivity contribution in [3.63, 3.8) is 0 Å². The molecule has 2 N–H and O–H groups in total. The Kier molecular flexibility index (Phi) is 4.78. The summed E-state index contributed by atoms with van der Waals surface area (Å²) in [6.07, 6.45) is 3.02. The van der Waals surface area contributed by atoms with Gasteiger partial charge in [0, 0.05) is 24.5 Å². The van der Waals surface area contributed by atoms with Gasteiger partial charge in [-0.1, -0.05) is 6.92 Å². The molecule has 1 rings (SSSR count). The second-order valence-electron chi connectivity index (χ2n) is 5.37. The minimum atomic E-state index is 0.145. The summed E-state index contributed by atoms with van der Waals surface area (Å²) >= 11 is 0. The Bertz CT molecular complexity index is 240. The molecule has 0 spiro atoms. The summed E-state index contributed by atoms with van der Waals surface area (Å²) in [7, 11) is 0. The smallest absolute Gasteiger partial charge is 0.226 e. The third-order valence-electron chi connectivity index (χ3n) is 3.80. The third kappa shape index (κ3) is 2.97. The second-order valence-corrected chi connectivity index (χ2v) is 5.37. The van der Waals surface area contributed by atoms with Crippen molar-refractivity contribution in [2.24, 2.45) is 17.6 Å². The number of hydrogen-bond donors (Lipinski definition) is 1. The Morgan fingerprint density at radius 3 is 2.56 bits per heavy atom. The number of carbonyl (C=O) groups excluding carboxylic acids is 1. The van der Waals surface area contributed by atoms with Gasteiger partial charge >= 0.3 is 0 Å². The molecule has 0 radical (unpaired) electrons. The maximum Gasteiger partial charge on any atom is 0.226 e. The van der Waals surface area contributed by atoms with Gasteiger partial charge in [-0.05, 0) is 46.0 Å². The first-order valence-electron chi connectivity index (χ1n) is 6.53. The van der Waals surface area contributed by atoms with E-state index < -0.39 is 0 Å². The Morgan fingerprint density at radius 2 is 2.06 bits per heavy atom. The molecule has 1 amide bonds. The van der Waals surface area contributed by atoms with Gasteiger partial charge in [0.15, 0.2) is 0 Å². The number of amides is 1. The van der Waals surface area contributed by atoms with Crippen LogP contribution in [0.5, 0.6) is 0 Å². The van der Waals surface area contributed by atoms with Gasteiger partial charge in [-0.25, -0.2) is 0 Å². The molecule has 1 saturated carbocycles. The van der Waals surface area contributed by atoms with Crippen LogP contribution in [0.25, 0.3) is 0 Å². The molecule has 0 saturated heterocycles. The zero-order valence-electron chi connectivity index (χ0n) is 11.1. The van der Waals surface area contributed by atoms with Crippen molar-refractivity contribution in [3.05, 3.63) is 0 Å². The molecule has 1 aliphatic rings. The summed E-state index contributed by atoms with van der Waals surface area (Å²) in [5.74, 6) is 0.936. The van der Waals surface area contributed by atoms with Gasteiger partial charge in [0.25, 0.3) is 0 Å². The SMILES string of the molecule is CCN(C(=O)C1CC(N)CCC1C)C(C)C. The lowest BCUT2D eigenvalue weighted by Crippen LogP contribution is -2.46. The fourth-order valence-corrected chi connectivity index (χ4v) is 2.69. The minimum Gasteiger partial charge on any atom is -0.340 e. The number of nitrogens with zero attached hydrogens (tertiary/aromatic N) is 1. The highest BCUT2D eigenvalue weighted by Crippen LogP contribution is 2.30. The van der Waals surface area contributed by atoms with Crippen molar-refractivity contribution in [2.75, 3.05) is 6.54 Å². The molecule has 3 heteroatoms. The van der Waals surface area contributed by atoms with E-state index in [0.717, 1.165) is 25.8 Å². The first-order valence-corrected chi connectivity index (χ1v) is 6.53. The molecule has 16 heavy (non-hydrogen) atoms. The number of nitrogens with two attached hydrogens (primary N) is 1. The summed E-state index contributed by atoms with van der Waals surface area (Å²) in [6, 6.07) is 0.513. The standard InChI is InChI=1S/C13H26N2O/c1-5-15(9(2)3)13(16)12-8-11(14)7-6-10(12)4/h9-12H,5-8,14H2,1-4H3. The van der Waals surface area contributed by atoms with E-state index in [0.29, 0.717) is 17.9 Å². The summed E-state index contributed by atoms with van der Waals surface area (Å²) in [5, 5.41) is 0. The number of hydrogen-bond acceptors (Lipinski definition) is 2. The van der Waals surface area contributed by atoms with Gasteiger partial charge in [0.05, 0.1) is 0 Å². The van der Waals surface area contributed by atoms with Gasteiger partial charge in [-0.2, -0.15) is 0 Å². The van der Waals surface area contributed by atoms with Crippen LogP contribution in [0.4, 0.5) is 0 Å². The molecule has 1 aliphatic carbocycles. The van der Waals surface area contributed by atoms with Crippen LogP contribution in [0, 0.1) is 11.8 Å². The normalized spacial score (nSPS) is 30.5. The van der Waals surface area contributed by atoms with Gasteiger partial charge in [-0.15, -0.1) is 0 Å². The Labute approximate surface area is 99.4 Å². The van der Waals surface area contributed by atoms with Gasteiger partial charge in [-0.3, -0.25) is 4.79 Å². The van der Waals surface area contributed by atoms with Gasteiger partial charge in [0.2, 0.25) is 5.91 Å². The quantitative estimate of drug-likeness (QED) is 0.800. The largest absolute Gasteiger partial charge is 0.340 e. The highest BCUT2D eigenvalue weighted by molar-refractivity contribution is 5.79. The van der Waals surface area contributed by atoms with Crippen LogP contribution in [0.15, 0.2) is 0 Å². The van der Waals surface area contributed by atoms with Crippen LogP contribution in [0.2, 0.25) is 0 Å². The lowest BCUT2D eigenvalue weighted by molar-refractivity contribution is -0.140. The Balaban J connectivity index is 2.70. The third-order valence-corrected chi connectivity index (χ3v) is 3.80. The van der Waals surface area contributed by atoms with Crippen LogP contribution in [-0.2, 0) is 4.79 Å². The van der Waals surface area contributed by atoms with Crippen molar-refractivity contribution < 1.29 is 4.79 Å². The van der Waals surface area contributed by atoms with Gasteiger partial charge < -0.3 is 10.6 Å². The molecular formula is C13H26N2O. The van der Waals surface area contributed by atoms with E-state index in [1.165, 1.54) is 0 Å². The predicted octanol–water partition coefficient (Wildman–Crippen LogP) is 2.01. The summed E-state index contributed by atoms with van der Waals surface area (Å²) < 4.78 is 0. The molecule has 0 aromatic rings. The van der Waals surface area contributed by atoms with Crippen LogP contribution >= 0.6 is 0 Å².